The number of hydrazine groups is 1. The van der Waals surface area contributed by atoms with Crippen molar-refractivity contribution in [1.82, 2.24) is 9.97 Å². The van der Waals surface area contributed by atoms with Gasteiger partial charge >= 0.3 is 6.18 Å². The predicted molar refractivity (Wildman–Crippen MR) is 76.3 cm³/mol. The summed E-state index contributed by atoms with van der Waals surface area (Å²) in [4.78, 5) is 7.10. The molecule has 4 N–H and O–H groups in total. The fourth-order valence-electron chi connectivity index (χ4n) is 1.54. The van der Waals surface area contributed by atoms with Crippen molar-refractivity contribution in [2.24, 2.45) is 5.84 Å². The summed E-state index contributed by atoms with van der Waals surface area (Å²) in [5.41, 5.74) is 1.85. The summed E-state index contributed by atoms with van der Waals surface area (Å²) in [5.74, 6) is 4.81. The van der Waals surface area contributed by atoms with Gasteiger partial charge in [-0.05, 0) is 17.7 Å². The minimum Gasteiger partial charge on any atom is -0.366 e. The van der Waals surface area contributed by atoms with Crippen LogP contribution in [0.5, 0.6) is 0 Å². The zero-order chi connectivity index (χ0) is 15.5. The number of nitrogens with zero attached hydrogens (tertiary/aromatic N) is 2. The molecule has 2 rings (SSSR count). The van der Waals surface area contributed by atoms with E-state index < -0.39 is 11.9 Å². The van der Waals surface area contributed by atoms with Crippen LogP contribution in [0.3, 0.4) is 0 Å². The van der Waals surface area contributed by atoms with Gasteiger partial charge in [0.2, 0.25) is 5.95 Å². The minimum absolute atomic E-state index is 0.0354. The molecule has 5 nitrogen and oxygen atoms in total. The van der Waals surface area contributed by atoms with Crippen molar-refractivity contribution in [1.29, 1.82) is 0 Å². The van der Waals surface area contributed by atoms with Crippen LogP contribution in [0.2, 0.25) is 0 Å². The summed E-state index contributed by atoms with van der Waals surface area (Å²) < 4.78 is 39.0. The van der Waals surface area contributed by atoms with E-state index >= 15 is 0 Å². The Hall–Kier alpha value is -1.87. The van der Waals surface area contributed by atoms with Gasteiger partial charge in [0.25, 0.3) is 0 Å². The quantitative estimate of drug-likeness (QED) is 0.576. The van der Waals surface area contributed by atoms with Crippen LogP contribution in [0.15, 0.2) is 34.8 Å². The summed E-state index contributed by atoms with van der Waals surface area (Å²) in [6, 6.07) is 8.19. The molecule has 0 aliphatic rings. The maximum Gasteiger partial charge on any atom is 0.433 e. The molecule has 112 valence electrons. The Morgan fingerprint density at radius 3 is 2.38 bits per heavy atom. The summed E-state index contributed by atoms with van der Waals surface area (Å²) in [6.07, 6.45) is -4.57. The van der Waals surface area contributed by atoms with E-state index in [2.05, 4.69) is 31.2 Å². The van der Waals surface area contributed by atoms with E-state index in [-0.39, 0.29) is 11.8 Å². The molecule has 1 aromatic carbocycles. The third-order valence-corrected chi connectivity index (χ3v) is 3.06. The van der Waals surface area contributed by atoms with Gasteiger partial charge in [0.15, 0.2) is 5.69 Å². The van der Waals surface area contributed by atoms with Crippen LogP contribution in [-0.4, -0.2) is 9.97 Å². The van der Waals surface area contributed by atoms with E-state index in [1.165, 1.54) is 0 Å². The van der Waals surface area contributed by atoms with Gasteiger partial charge in [-0.25, -0.2) is 10.8 Å². The highest BCUT2D eigenvalue weighted by atomic mass is 79.9. The number of halogens is 4. The summed E-state index contributed by atoms with van der Waals surface area (Å²) in [5, 5.41) is 2.81. The molecule has 0 fully saturated rings. The second-order valence-corrected chi connectivity index (χ2v) is 5.00. The number of rotatable bonds is 4. The van der Waals surface area contributed by atoms with Gasteiger partial charge in [0.05, 0.1) is 0 Å². The van der Waals surface area contributed by atoms with E-state index in [9.17, 15) is 13.2 Å². The lowest BCUT2D eigenvalue weighted by Crippen LogP contribution is -2.16. The van der Waals surface area contributed by atoms with Crippen molar-refractivity contribution in [2.75, 3.05) is 10.7 Å². The maximum absolute atomic E-state index is 12.7. The van der Waals surface area contributed by atoms with Gasteiger partial charge in [0.1, 0.15) is 5.82 Å². The van der Waals surface area contributed by atoms with Crippen LogP contribution in [0, 0.1) is 0 Å². The maximum atomic E-state index is 12.7. The summed E-state index contributed by atoms with van der Waals surface area (Å²) >= 11 is 3.30. The fraction of sp³-hybridized carbons (Fsp3) is 0.167. The third-order valence-electron chi connectivity index (χ3n) is 2.53. The zero-order valence-corrected chi connectivity index (χ0v) is 12.2. The monoisotopic (exact) mass is 361 g/mol. The van der Waals surface area contributed by atoms with Crippen LogP contribution in [0.4, 0.5) is 24.9 Å². The molecule has 1 aromatic heterocycles. The third kappa shape index (κ3) is 4.30. The SMILES string of the molecule is NNc1nc(NCc2ccc(Br)cc2)cc(C(F)(F)F)n1. The lowest BCUT2D eigenvalue weighted by Gasteiger charge is -2.11. The van der Waals surface area contributed by atoms with Crippen molar-refractivity contribution < 1.29 is 13.2 Å². The molecule has 0 amide bonds. The number of aromatic nitrogens is 2. The molecule has 21 heavy (non-hydrogen) atoms. The predicted octanol–water partition coefficient (Wildman–Crippen LogP) is 3.16. The number of anilines is 2. The van der Waals surface area contributed by atoms with Gasteiger partial charge in [-0.3, -0.25) is 5.43 Å². The molecule has 0 radical (unpaired) electrons. The van der Waals surface area contributed by atoms with E-state index in [4.69, 9.17) is 5.84 Å². The van der Waals surface area contributed by atoms with Crippen molar-refractivity contribution in [3.8, 4) is 0 Å². The number of nitrogen functional groups attached to an aromatic ring is 1. The highest BCUT2D eigenvalue weighted by Crippen LogP contribution is 2.29. The van der Waals surface area contributed by atoms with Gasteiger partial charge in [0, 0.05) is 17.1 Å². The molecule has 9 heteroatoms. The Balaban J connectivity index is 2.17. The highest BCUT2D eigenvalue weighted by Gasteiger charge is 2.33. The first kappa shape index (κ1) is 15.5. The van der Waals surface area contributed by atoms with E-state index in [1.807, 2.05) is 29.7 Å². The standard InChI is InChI=1S/C12H11BrF3N5/c13-8-3-1-7(2-4-8)6-18-10-5-9(12(14,15)16)19-11(20-10)21-17/h1-5H,6,17H2,(H2,18,19,20,21). The summed E-state index contributed by atoms with van der Waals surface area (Å²) in [7, 11) is 0. The average molecular weight is 362 g/mol. The first-order valence-electron chi connectivity index (χ1n) is 5.79. The van der Waals surface area contributed by atoms with Crippen molar-refractivity contribution in [2.45, 2.75) is 12.7 Å². The molecule has 0 aliphatic heterocycles. The minimum atomic E-state index is -4.57. The van der Waals surface area contributed by atoms with Crippen LogP contribution < -0.4 is 16.6 Å². The number of alkyl halides is 3. The average Bonchev–Trinajstić information content (AvgIpc) is 2.45. The molecule has 0 aliphatic carbocycles. The molecule has 0 saturated carbocycles. The number of nitrogens with one attached hydrogen (secondary N) is 2. The van der Waals surface area contributed by atoms with Crippen molar-refractivity contribution >= 4 is 27.7 Å². The molecular formula is C12H11BrF3N5. The Labute approximate surface area is 126 Å². The second kappa shape index (κ2) is 6.27. The fourth-order valence-corrected chi connectivity index (χ4v) is 1.81. The van der Waals surface area contributed by atoms with E-state index in [1.54, 1.807) is 0 Å². The molecule has 0 saturated heterocycles. The Morgan fingerprint density at radius 1 is 1.14 bits per heavy atom. The van der Waals surface area contributed by atoms with Crippen LogP contribution in [0.25, 0.3) is 0 Å². The molecule has 2 aromatic rings. The Morgan fingerprint density at radius 2 is 1.81 bits per heavy atom. The van der Waals surface area contributed by atoms with Crippen molar-refractivity contribution in [3.63, 3.8) is 0 Å². The van der Waals surface area contributed by atoms with Crippen LogP contribution in [0.1, 0.15) is 11.3 Å². The number of hydrogen-bond donors (Lipinski definition) is 3. The van der Waals surface area contributed by atoms with E-state index in [0.29, 0.717) is 6.54 Å². The molecular weight excluding hydrogens is 351 g/mol. The van der Waals surface area contributed by atoms with Gasteiger partial charge in [-0.1, -0.05) is 28.1 Å². The van der Waals surface area contributed by atoms with Crippen molar-refractivity contribution in [3.05, 3.63) is 46.1 Å². The Bertz CT molecular complexity index is 615. The topological polar surface area (TPSA) is 75.9 Å². The van der Waals surface area contributed by atoms with Crippen LogP contribution >= 0.6 is 15.9 Å². The first-order valence-corrected chi connectivity index (χ1v) is 6.59. The summed E-state index contributed by atoms with van der Waals surface area (Å²) in [6.45, 7) is 0.325. The van der Waals surface area contributed by atoms with E-state index in [0.717, 1.165) is 16.1 Å². The normalized spacial score (nSPS) is 11.3. The van der Waals surface area contributed by atoms with Gasteiger partial charge in [-0.2, -0.15) is 18.2 Å². The lowest BCUT2D eigenvalue weighted by molar-refractivity contribution is -0.141. The van der Waals surface area contributed by atoms with Gasteiger partial charge < -0.3 is 5.32 Å². The highest BCUT2D eigenvalue weighted by molar-refractivity contribution is 9.10. The number of nitrogens with two attached hydrogens (primary N) is 1. The second-order valence-electron chi connectivity index (χ2n) is 4.08. The van der Waals surface area contributed by atoms with Gasteiger partial charge in [-0.15, -0.1) is 0 Å². The smallest absolute Gasteiger partial charge is 0.366 e. The molecule has 0 bridgehead atoms. The van der Waals surface area contributed by atoms with Crippen LogP contribution in [-0.2, 0) is 12.7 Å². The largest absolute Gasteiger partial charge is 0.433 e. The number of hydrogen-bond acceptors (Lipinski definition) is 5. The zero-order valence-electron chi connectivity index (χ0n) is 10.6. The molecule has 0 unspecified atom stereocenters. The number of benzene rings is 1. The molecule has 0 spiro atoms. The first-order chi connectivity index (χ1) is 9.88. The molecule has 1 heterocycles. The lowest BCUT2D eigenvalue weighted by atomic mass is 10.2. The Kier molecular flexibility index (Phi) is 4.63. The molecule has 0 atom stereocenters.